The van der Waals surface area contributed by atoms with Crippen molar-refractivity contribution < 1.29 is 4.74 Å². The van der Waals surface area contributed by atoms with E-state index in [4.69, 9.17) is 39.5 Å². The summed E-state index contributed by atoms with van der Waals surface area (Å²) in [6.45, 7) is 0. The zero-order valence-electron chi connectivity index (χ0n) is 9.02. The van der Waals surface area contributed by atoms with Crippen molar-refractivity contribution in [3.05, 3.63) is 34.3 Å². The normalized spacial score (nSPS) is 10.2. The van der Waals surface area contributed by atoms with Crippen LogP contribution >= 0.6 is 23.2 Å². The quantitative estimate of drug-likeness (QED) is 0.592. The molecule has 1 heterocycles. The molecule has 0 aliphatic rings. The van der Waals surface area contributed by atoms with Crippen molar-refractivity contribution in [2.24, 2.45) is 5.84 Å². The topological polar surface area (TPSA) is 99.1 Å². The van der Waals surface area contributed by atoms with Crippen molar-refractivity contribution in [2.75, 3.05) is 11.2 Å². The van der Waals surface area contributed by atoms with Crippen molar-refractivity contribution in [2.45, 2.75) is 0 Å². The van der Waals surface area contributed by atoms with Crippen LogP contribution in [0.15, 0.2) is 24.3 Å². The van der Waals surface area contributed by atoms with Crippen LogP contribution in [0.1, 0.15) is 0 Å². The summed E-state index contributed by atoms with van der Waals surface area (Å²) in [4.78, 5) is 7.72. The third-order valence-corrected chi connectivity index (χ3v) is 2.80. The van der Waals surface area contributed by atoms with E-state index in [0.29, 0.717) is 21.6 Å². The van der Waals surface area contributed by atoms with Gasteiger partial charge in [-0.1, -0.05) is 29.3 Å². The van der Waals surface area contributed by atoms with Gasteiger partial charge in [0.05, 0.1) is 5.02 Å². The summed E-state index contributed by atoms with van der Waals surface area (Å²) in [5, 5.41) is 0.673. The molecule has 94 valence electrons. The Kier molecular flexibility index (Phi) is 3.71. The molecule has 0 saturated carbocycles. The summed E-state index contributed by atoms with van der Waals surface area (Å²) >= 11 is 11.9. The predicted molar refractivity (Wildman–Crippen MR) is 70.8 cm³/mol. The minimum atomic E-state index is 0.0265. The fraction of sp³-hybridized carbons (Fsp3) is 0. The molecule has 8 heteroatoms. The highest BCUT2D eigenvalue weighted by atomic mass is 35.5. The maximum absolute atomic E-state index is 5.98. The first-order valence-corrected chi connectivity index (χ1v) is 5.59. The van der Waals surface area contributed by atoms with Crippen molar-refractivity contribution in [3.8, 4) is 11.6 Å². The maximum Gasteiger partial charge on any atom is 0.226 e. The lowest BCUT2D eigenvalue weighted by Crippen LogP contribution is -2.10. The van der Waals surface area contributed by atoms with Crippen molar-refractivity contribution in [3.63, 3.8) is 0 Å². The van der Waals surface area contributed by atoms with Crippen molar-refractivity contribution in [1.29, 1.82) is 0 Å². The zero-order chi connectivity index (χ0) is 13.1. The van der Waals surface area contributed by atoms with Gasteiger partial charge in [-0.15, -0.1) is 0 Å². The number of rotatable bonds is 3. The molecule has 18 heavy (non-hydrogen) atoms. The highest BCUT2D eigenvalue weighted by molar-refractivity contribution is 6.42. The Hall–Kier alpha value is -1.76. The van der Waals surface area contributed by atoms with Crippen LogP contribution in [0.3, 0.4) is 0 Å². The molecule has 1 aromatic carbocycles. The summed E-state index contributed by atoms with van der Waals surface area (Å²) in [6.07, 6.45) is 0. The molecule has 0 fully saturated rings. The second-order valence-electron chi connectivity index (χ2n) is 3.25. The lowest BCUT2D eigenvalue weighted by Gasteiger charge is -2.09. The van der Waals surface area contributed by atoms with E-state index >= 15 is 0 Å². The van der Waals surface area contributed by atoms with Crippen LogP contribution in [-0.2, 0) is 0 Å². The zero-order valence-corrected chi connectivity index (χ0v) is 10.5. The summed E-state index contributed by atoms with van der Waals surface area (Å²) < 4.78 is 5.47. The van der Waals surface area contributed by atoms with E-state index in [1.54, 1.807) is 18.2 Å². The second-order valence-corrected chi connectivity index (χ2v) is 4.03. The Bertz CT molecular complexity index is 578. The molecule has 1 aromatic heterocycles. The largest absolute Gasteiger partial charge is 0.437 e. The molecular formula is C10H9Cl2N5O. The van der Waals surface area contributed by atoms with Gasteiger partial charge in [-0.05, 0) is 12.1 Å². The van der Waals surface area contributed by atoms with Crippen molar-refractivity contribution in [1.82, 2.24) is 9.97 Å². The number of ether oxygens (including phenoxy) is 1. The summed E-state index contributed by atoms with van der Waals surface area (Å²) in [7, 11) is 0. The number of halogens is 2. The first kappa shape index (κ1) is 12.7. The van der Waals surface area contributed by atoms with E-state index in [-0.39, 0.29) is 11.8 Å². The number of hydrogen-bond donors (Lipinski definition) is 3. The van der Waals surface area contributed by atoms with E-state index in [0.717, 1.165) is 0 Å². The number of hydrazine groups is 1. The van der Waals surface area contributed by atoms with E-state index in [1.807, 2.05) is 0 Å². The number of aromatic nitrogens is 2. The van der Waals surface area contributed by atoms with Crippen LogP contribution in [0.5, 0.6) is 11.6 Å². The summed E-state index contributed by atoms with van der Waals surface area (Å²) in [6, 6.07) is 6.49. The Morgan fingerprint density at radius 2 is 2.00 bits per heavy atom. The Labute approximate surface area is 113 Å². The molecule has 0 aliphatic heterocycles. The van der Waals surface area contributed by atoms with Gasteiger partial charge in [0.2, 0.25) is 11.8 Å². The average molecular weight is 286 g/mol. The summed E-state index contributed by atoms with van der Waals surface area (Å²) in [5.41, 5.74) is 7.85. The lowest BCUT2D eigenvalue weighted by molar-refractivity contribution is 0.463. The van der Waals surface area contributed by atoms with Gasteiger partial charge in [0.25, 0.3) is 0 Å². The molecule has 0 amide bonds. The molecule has 0 radical (unpaired) electrons. The molecule has 0 saturated heterocycles. The van der Waals surface area contributed by atoms with Gasteiger partial charge in [0.1, 0.15) is 16.6 Å². The molecule has 0 spiro atoms. The van der Waals surface area contributed by atoms with Crippen LogP contribution in [0.4, 0.5) is 11.8 Å². The van der Waals surface area contributed by atoms with Gasteiger partial charge in [-0.2, -0.15) is 9.97 Å². The highest BCUT2D eigenvalue weighted by Crippen LogP contribution is 2.34. The third-order valence-electron chi connectivity index (χ3n) is 2.00. The van der Waals surface area contributed by atoms with E-state index in [9.17, 15) is 0 Å². The van der Waals surface area contributed by atoms with E-state index in [1.165, 1.54) is 6.07 Å². The standard InChI is InChI=1S/C10H9Cl2N5O/c11-5-2-1-3-6(9(5)12)18-8-4-7(17-14)15-10(13)16-8/h1-4H,14H2,(H3,13,15,16,17). The Morgan fingerprint density at radius 1 is 1.22 bits per heavy atom. The first-order valence-electron chi connectivity index (χ1n) is 4.83. The second kappa shape index (κ2) is 5.26. The first-order chi connectivity index (χ1) is 8.60. The lowest BCUT2D eigenvalue weighted by atomic mass is 10.3. The number of nitrogen functional groups attached to an aromatic ring is 2. The van der Waals surface area contributed by atoms with Gasteiger partial charge >= 0.3 is 0 Å². The number of nitrogens with zero attached hydrogens (tertiary/aromatic N) is 2. The number of benzene rings is 1. The van der Waals surface area contributed by atoms with Gasteiger partial charge in [0.15, 0.2) is 0 Å². The molecule has 0 atom stereocenters. The Morgan fingerprint density at radius 3 is 2.72 bits per heavy atom. The highest BCUT2D eigenvalue weighted by Gasteiger charge is 2.09. The van der Waals surface area contributed by atoms with Gasteiger partial charge < -0.3 is 15.9 Å². The molecule has 0 unspecified atom stereocenters. The average Bonchev–Trinajstić information content (AvgIpc) is 2.34. The fourth-order valence-corrected chi connectivity index (χ4v) is 1.57. The SMILES string of the molecule is NNc1cc(Oc2cccc(Cl)c2Cl)nc(N)n1. The van der Waals surface area contributed by atoms with Crippen LogP contribution in [-0.4, -0.2) is 9.97 Å². The molecule has 0 bridgehead atoms. The minimum Gasteiger partial charge on any atom is -0.437 e. The number of hydrogen-bond acceptors (Lipinski definition) is 6. The number of anilines is 2. The molecule has 6 nitrogen and oxygen atoms in total. The van der Waals surface area contributed by atoms with Crippen LogP contribution in [0.2, 0.25) is 10.0 Å². The predicted octanol–water partition coefficient (Wildman–Crippen LogP) is 2.44. The number of nitrogens with two attached hydrogens (primary N) is 2. The van der Waals surface area contributed by atoms with Gasteiger partial charge in [-0.25, -0.2) is 5.84 Å². The van der Waals surface area contributed by atoms with Gasteiger partial charge in [-0.3, -0.25) is 0 Å². The molecule has 0 aliphatic carbocycles. The smallest absolute Gasteiger partial charge is 0.226 e. The van der Waals surface area contributed by atoms with E-state index in [2.05, 4.69) is 15.4 Å². The molecular weight excluding hydrogens is 277 g/mol. The van der Waals surface area contributed by atoms with Crippen LogP contribution in [0.25, 0.3) is 0 Å². The minimum absolute atomic E-state index is 0.0265. The van der Waals surface area contributed by atoms with Crippen molar-refractivity contribution >= 4 is 35.0 Å². The molecule has 2 rings (SSSR count). The third kappa shape index (κ3) is 2.73. The monoisotopic (exact) mass is 285 g/mol. The van der Waals surface area contributed by atoms with Crippen LogP contribution < -0.4 is 21.7 Å². The maximum atomic E-state index is 5.98. The summed E-state index contributed by atoms with van der Waals surface area (Å²) in [5.74, 6) is 6.17. The molecule has 5 N–H and O–H groups in total. The van der Waals surface area contributed by atoms with Crippen LogP contribution in [0, 0.1) is 0 Å². The van der Waals surface area contributed by atoms with E-state index < -0.39 is 0 Å². The number of nitrogens with one attached hydrogen (secondary N) is 1. The molecule has 2 aromatic rings. The van der Waals surface area contributed by atoms with Gasteiger partial charge in [0, 0.05) is 6.07 Å². The Balaban J connectivity index is 2.34. The fourth-order valence-electron chi connectivity index (χ4n) is 1.24.